The highest BCUT2D eigenvalue weighted by molar-refractivity contribution is 6.56. The molecule has 0 saturated carbocycles. The highest BCUT2D eigenvalue weighted by Gasteiger charge is 2.36. The highest BCUT2D eigenvalue weighted by Crippen LogP contribution is 2.39. The van der Waals surface area contributed by atoms with Gasteiger partial charge in [-0.25, -0.2) is 0 Å². The van der Waals surface area contributed by atoms with E-state index in [4.69, 9.17) is 4.74 Å². The minimum absolute atomic E-state index is 0.128. The Hall–Kier alpha value is -1.02. The second-order valence-electron chi connectivity index (χ2n) is 6.73. The zero-order valence-electron chi connectivity index (χ0n) is 14.3. The summed E-state index contributed by atoms with van der Waals surface area (Å²) < 4.78 is 5.58. The average Bonchev–Trinajstić information content (AvgIpc) is 2.56. The lowest BCUT2D eigenvalue weighted by Gasteiger charge is -2.49. The molecule has 2 heterocycles. The Morgan fingerprint density at radius 2 is 2.00 bits per heavy atom. The smallest absolute Gasteiger partial charge is 0.281 e. The van der Waals surface area contributed by atoms with Crippen molar-refractivity contribution in [2.24, 2.45) is 0 Å². The molecule has 0 bridgehead atoms. The Balaban J connectivity index is 1.86. The zero-order valence-corrected chi connectivity index (χ0v) is 15.5. The summed E-state index contributed by atoms with van der Waals surface area (Å²) in [7, 11) is 1.73. The number of nitrogens with zero attached hydrogens (tertiary/aromatic N) is 2. The van der Waals surface area contributed by atoms with Gasteiger partial charge in [-0.15, -0.1) is 0 Å². The van der Waals surface area contributed by atoms with Gasteiger partial charge in [-0.2, -0.15) is 0 Å². The van der Waals surface area contributed by atoms with E-state index >= 15 is 0 Å². The van der Waals surface area contributed by atoms with Gasteiger partial charge in [0.1, 0.15) is 5.75 Å². The Kier molecular flexibility index (Phi) is 5.01. The number of methoxy groups -OCH3 is 1. The number of amides is 1. The highest BCUT2D eigenvalue weighted by atomic mass is 27.0. The van der Waals surface area contributed by atoms with Crippen molar-refractivity contribution in [1.82, 2.24) is 9.80 Å². The van der Waals surface area contributed by atoms with Crippen LogP contribution in [0.3, 0.4) is 0 Å². The van der Waals surface area contributed by atoms with Gasteiger partial charge in [-0.3, -0.25) is 4.90 Å². The van der Waals surface area contributed by atoms with Gasteiger partial charge in [0.25, 0.3) is 16.3 Å². The quantitative estimate of drug-likeness (QED) is 0.783. The van der Waals surface area contributed by atoms with Gasteiger partial charge in [0, 0.05) is 31.7 Å². The Bertz CT molecular complexity index is 605. The van der Waals surface area contributed by atoms with Crippen LogP contribution in [0.5, 0.6) is 5.75 Å². The van der Waals surface area contributed by atoms with Crippen LogP contribution in [0.15, 0.2) is 12.1 Å². The SMILES string of the molecule is COc1ccc([C@H]2CCC[C@H]3CN([C](=O)[Al])CCN32)c(C)c1C. The molecule has 2 aliphatic rings. The van der Waals surface area contributed by atoms with Crippen molar-refractivity contribution < 1.29 is 9.53 Å². The fourth-order valence-electron chi connectivity index (χ4n) is 4.18. The number of rotatable bonds is 2. The average molecular weight is 328 g/mol. The minimum Gasteiger partial charge on any atom is -0.496 e. The summed E-state index contributed by atoms with van der Waals surface area (Å²) >= 11 is 2.32. The molecule has 0 spiro atoms. The van der Waals surface area contributed by atoms with E-state index in [0.29, 0.717) is 12.1 Å². The van der Waals surface area contributed by atoms with Gasteiger partial charge in [0.2, 0.25) is 0 Å². The molecule has 0 unspecified atom stereocenters. The first kappa shape index (κ1) is 16.8. The van der Waals surface area contributed by atoms with Crippen LogP contribution >= 0.6 is 0 Å². The number of carbonyl (C=O) groups is 1. The van der Waals surface area contributed by atoms with Crippen molar-refractivity contribution in [3.05, 3.63) is 28.8 Å². The fraction of sp³-hybridized carbons (Fsp3) is 0.611. The lowest BCUT2D eigenvalue weighted by Crippen LogP contribution is -2.56. The van der Waals surface area contributed by atoms with Gasteiger partial charge >= 0.3 is 0 Å². The summed E-state index contributed by atoms with van der Waals surface area (Å²) in [5.74, 6) is 0.969. The molecular weight excluding hydrogens is 303 g/mol. The van der Waals surface area contributed by atoms with E-state index in [1.165, 1.54) is 36.0 Å². The van der Waals surface area contributed by atoms with Crippen LogP contribution in [0.2, 0.25) is 0 Å². The maximum Gasteiger partial charge on any atom is 0.281 e. The number of hydrogen-bond acceptors (Lipinski definition) is 3. The molecule has 0 N–H and O–H groups in total. The predicted molar refractivity (Wildman–Crippen MR) is 92.3 cm³/mol. The molecule has 5 heteroatoms. The molecule has 2 saturated heterocycles. The third-order valence-corrected chi connectivity index (χ3v) is 5.98. The topological polar surface area (TPSA) is 32.8 Å². The first-order valence-corrected chi connectivity index (χ1v) is 9.05. The molecule has 2 aliphatic heterocycles. The van der Waals surface area contributed by atoms with E-state index < -0.39 is 0 Å². The Morgan fingerprint density at radius 1 is 1.22 bits per heavy atom. The molecule has 0 aliphatic carbocycles. The predicted octanol–water partition coefficient (Wildman–Crippen LogP) is 2.81. The summed E-state index contributed by atoms with van der Waals surface area (Å²) in [5, 5.41) is 0. The van der Waals surface area contributed by atoms with Crippen molar-refractivity contribution >= 4 is 21.1 Å². The van der Waals surface area contributed by atoms with Gasteiger partial charge in [-0.05, 0) is 55.9 Å². The van der Waals surface area contributed by atoms with Gasteiger partial charge in [-0.1, -0.05) is 6.07 Å². The second-order valence-corrected chi connectivity index (χ2v) is 7.22. The van der Waals surface area contributed by atoms with Crippen LogP contribution in [0.1, 0.15) is 42.0 Å². The van der Waals surface area contributed by atoms with E-state index in [0.717, 1.165) is 25.4 Å². The summed E-state index contributed by atoms with van der Waals surface area (Å²) in [4.78, 5) is 16.3. The fourth-order valence-corrected chi connectivity index (χ4v) is 4.42. The van der Waals surface area contributed by atoms with Crippen molar-refractivity contribution in [1.29, 1.82) is 0 Å². The van der Waals surface area contributed by atoms with Crippen molar-refractivity contribution in [2.75, 3.05) is 26.7 Å². The molecule has 2 fully saturated rings. The molecular formula is C18H25AlN2O2. The molecule has 1 aromatic carbocycles. The minimum atomic E-state index is 0.128. The van der Waals surface area contributed by atoms with E-state index in [2.05, 4.69) is 47.2 Å². The van der Waals surface area contributed by atoms with E-state index in [1.807, 2.05) is 4.90 Å². The van der Waals surface area contributed by atoms with Gasteiger partial charge in [0.05, 0.1) is 11.9 Å². The van der Waals surface area contributed by atoms with Crippen LogP contribution in [-0.4, -0.2) is 63.6 Å². The van der Waals surface area contributed by atoms with Gasteiger partial charge in [0.15, 0.2) is 0 Å². The molecule has 1 aromatic rings. The first-order chi connectivity index (χ1) is 11.0. The number of hydrogen-bond donors (Lipinski definition) is 0. The van der Waals surface area contributed by atoms with Crippen LogP contribution in [0.4, 0.5) is 4.79 Å². The first-order valence-electron chi connectivity index (χ1n) is 8.47. The van der Waals surface area contributed by atoms with Crippen LogP contribution in [0.25, 0.3) is 0 Å². The van der Waals surface area contributed by atoms with Crippen molar-refractivity contribution in [3.8, 4) is 5.75 Å². The Morgan fingerprint density at radius 3 is 2.70 bits per heavy atom. The van der Waals surface area contributed by atoms with Crippen molar-refractivity contribution in [3.63, 3.8) is 0 Å². The summed E-state index contributed by atoms with van der Waals surface area (Å²) in [6.45, 7) is 7.03. The maximum absolute atomic E-state index is 11.7. The molecule has 0 aromatic heterocycles. The number of piperidine rings is 1. The maximum atomic E-state index is 11.7. The normalized spacial score (nSPS) is 25.1. The largest absolute Gasteiger partial charge is 0.496 e. The lowest BCUT2D eigenvalue weighted by molar-refractivity contribution is 0.0259. The molecule has 2 atom stereocenters. The van der Waals surface area contributed by atoms with E-state index in [1.54, 1.807) is 7.11 Å². The summed E-state index contributed by atoms with van der Waals surface area (Å²) in [6.07, 6.45) is 3.63. The summed E-state index contributed by atoms with van der Waals surface area (Å²) in [6, 6.07) is 5.31. The summed E-state index contributed by atoms with van der Waals surface area (Å²) in [5.41, 5.74) is 4.02. The lowest BCUT2D eigenvalue weighted by atomic mass is 9.86. The molecule has 23 heavy (non-hydrogen) atoms. The van der Waals surface area contributed by atoms with Crippen LogP contribution in [0, 0.1) is 13.8 Å². The molecule has 2 radical (unpaired) electrons. The van der Waals surface area contributed by atoms with E-state index in [-0.39, 0.29) is 4.77 Å². The molecule has 1 amide bonds. The van der Waals surface area contributed by atoms with E-state index in [9.17, 15) is 4.79 Å². The zero-order chi connectivity index (χ0) is 16.6. The molecule has 122 valence electrons. The third kappa shape index (κ3) is 3.15. The third-order valence-electron chi connectivity index (χ3n) is 5.61. The van der Waals surface area contributed by atoms with Gasteiger partial charge < -0.3 is 14.4 Å². The Labute approximate surface area is 147 Å². The number of piperazine rings is 1. The van der Waals surface area contributed by atoms with Crippen LogP contribution in [-0.2, 0) is 0 Å². The monoisotopic (exact) mass is 328 g/mol. The number of benzene rings is 1. The molecule has 4 nitrogen and oxygen atoms in total. The second kappa shape index (κ2) is 6.85. The number of ether oxygens (including phenoxy) is 1. The van der Waals surface area contributed by atoms with Crippen LogP contribution < -0.4 is 4.74 Å². The molecule has 3 rings (SSSR count). The standard InChI is InChI=1S/C18H25N2O2.Al/c1-13-14(2)18(22-3)8-7-16(13)17-6-4-5-15-11-19(12-21)9-10-20(15)17;/h7-8,15,17H,4-6,9-11H2,1-3H3;/t15-,17+;/m0./s1. The van der Waals surface area contributed by atoms with Crippen molar-refractivity contribution in [2.45, 2.75) is 45.2 Å². The number of fused-ring (bicyclic) bond motifs is 1. The number of carbonyl (C=O) groups excluding carboxylic acids is 1.